The van der Waals surface area contributed by atoms with Gasteiger partial charge in [-0.1, -0.05) is 30.2 Å². The maximum atomic E-state index is 12.5. The van der Waals surface area contributed by atoms with E-state index in [1.54, 1.807) is 11.3 Å². The molecule has 3 atom stereocenters. The van der Waals surface area contributed by atoms with E-state index < -0.39 is 0 Å². The van der Waals surface area contributed by atoms with Crippen LogP contribution in [0, 0.1) is 12.8 Å². The summed E-state index contributed by atoms with van der Waals surface area (Å²) in [6.07, 6.45) is 3.77. The Morgan fingerprint density at radius 1 is 1.35 bits per heavy atom. The molecule has 0 bridgehead atoms. The van der Waals surface area contributed by atoms with Crippen molar-refractivity contribution in [3.05, 3.63) is 39.2 Å². The lowest BCUT2D eigenvalue weighted by Crippen LogP contribution is -2.38. The molecule has 1 heterocycles. The quantitative estimate of drug-likeness (QED) is 0.749. The Hall–Kier alpha value is -1.14. The molecule has 3 rings (SSSR count). The first-order chi connectivity index (χ1) is 11.9. The molecule has 0 aliphatic heterocycles. The lowest BCUT2D eigenvalue weighted by molar-refractivity contribution is -0.126. The molecule has 26 heavy (non-hydrogen) atoms. The van der Waals surface area contributed by atoms with Gasteiger partial charge in [-0.3, -0.25) is 4.79 Å². The number of benzene rings is 1. The van der Waals surface area contributed by atoms with Gasteiger partial charge in [0, 0.05) is 27.4 Å². The van der Waals surface area contributed by atoms with Crippen molar-refractivity contribution in [3.63, 3.8) is 0 Å². The van der Waals surface area contributed by atoms with E-state index in [0.717, 1.165) is 46.8 Å². The predicted octanol–water partition coefficient (Wildman–Crippen LogP) is 4.89. The average Bonchev–Trinajstić information content (AvgIpc) is 2.97. The van der Waals surface area contributed by atoms with Gasteiger partial charge in [-0.15, -0.1) is 23.7 Å². The SMILES string of the molecule is Cc1sc(C(C)NC(=O)C2CCCC(N)C2)nc1-c1ccc(Cl)cc1.Cl. The van der Waals surface area contributed by atoms with Gasteiger partial charge in [0.15, 0.2) is 0 Å². The highest BCUT2D eigenvalue weighted by Gasteiger charge is 2.27. The van der Waals surface area contributed by atoms with Crippen LogP contribution in [0.1, 0.15) is 48.5 Å². The molecule has 1 aromatic heterocycles. The number of hydrogen-bond donors (Lipinski definition) is 2. The van der Waals surface area contributed by atoms with E-state index >= 15 is 0 Å². The second-order valence-electron chi connectivity index (χ2n) is 6.82. The summed E-state index contributed by atoms with van der Waals surface area (Å²) >= 11 is 7.59. The number of rotatable bonds is 4. The Morgan fingerprint density at radius 3 is 2.69 bits per heavy atom. The van der Waals surface area contributed by atoms with Crippen LogP contribution in [-0.2, 0) is 4.79 Å². The number of nitrogens with two attached hydrogens (primary N) is 1. The van der Waals surface area contributed by atoms with Crippen LogP contribution in [0.4, 0.5) is 0 Å². The number of thiazole rings is 1. The Labute approximate surface area is 169 Å². The summed E-state index contributed by atoms with van der Waals surface area (Å²) in [4.78, 5) is 18.4. The minimum absolute atomic E-state index is 0. The number of amides is 1. The van der Waals surface area contributed by atoms with Crippen LogP contribution < -0.4 is 11.1 Å². The molecule has 1 aromatic carbocycles. The Morgan fingerprint density at radius 2 is 2.04 bits per heavy atom. The molecule has 1 fully saturated rings. The molecular formula is C19H25Cl2N3OS. The molecule has 0 saturated heterocycles. The van der Waals surface area contributed by atoms with Gasteiger partial charge >= 0.3 is 0 Å². The number of nitrogens with one attached hydrogen (secondary N) is 1. The van der Waals surface area contributed by atoms with Crippen molar-refractivity contribution in [2.45, 2.75) is 51.6 Å². The molecule has 1 aliphatic rings. The van der Waals surface area contributed by atoms with Gasteiger partial charge in [-0.2, -0.15) is 0 Å². The topological polar surface area (TPSA) is 68.0 Å². The van der Waals surface area contributed by atoms with Crippen LogP contribution in [0.2, 0.25) is 5.02 Å². The Kier molecular flexibility index (Phi) is 7.47. The zero-order valence-corrected chi connectivity index (χ0v) is 17.4. The maximum Gasteiger partial charge on any atom is 0.223 e. The van der Waals surface area contributed by atoms with Crippen LogP contribution in [-0.4, -0.2) is 16.9 Å². The van der Waals surface area contributed by atoms with Crippen molar-refractivity contribution in [1.29, 1.82) is 0 Å². The zero-order valence-electron chi connectivity index (χ0n) is 15.0. The van der Waals surface area contributed by atoms with Crippen molar-refractivity contribution >= 4 is 41.3 Å². The maximum absolute atomic E-state index is 12.5. The standard InChI is InChI=1S/C19H24ClN3OS.ClH/c1-11(22-18(24)14-4-3-5-16(21)10-14)19-23-17(12(2)25-19)13-6-8-15(20)9-7-13;/h6-9,11,14,16H,3-5,10,21H2,1-2H3,(H,22,24);1H. The summed E-state index contributed by atoms with van der Waals surface area (Å²) in [6, 6.07) is 7.73. The predicted molar refractivity (Wildman–Crippen MR) is 111 cm³/mol. The number of aromatic nitrogens is 1. The lowest BCUT2D eigenvalue weighted by Gasteiger charge is -2.26. The normalized spacial score (nSPS) is 20.9. The molecule has 142 valence electrons. The fraction of sp³-hybridized carbons (Fsp3) is 0.474. The first kappa shape index (κ1) is 21.2. The van der Waals surface area contributed by atoms with Gasteiger partial charge in [-0.25, -0.2) is 4.98 Å². The van der Waals surface area contributed by atoms with Gasteiger partial charge in [0.1, 0.15) is 5.01 Å². The number of carbonyl (C=O) groups is 1. The van der Waals surface area contributed by atoms with Crippen molar-refractivity contribution < 1.29 is 4.79 Å². The van der Waals surface area contributed by atoms with E-state index in [1.807, 2.05) is 31.2 Å². The Balaban J connectivity index is 0.00000243. The number of halogens is 2. The highest BCUT2D eigenvalue weighted by atomic mass is 35.5. The third-order valence-electron chi connectivity index (χ3n) is 4.75. The lowest BCUT2D eigenvalue weighted by atomic mass is 9.85. The van der Waals surface area contributed by atoms with E-state index in [0.29, 0.717) is 5.02 Å². The first-order valence-corrected chi connectivity index (χ1v) is 9.92. The van der Waals surface area contributed by atoms with Crippen molar-refractivity contribution in [3.8, 4) is 11.3 Å². The second-order valence-corrected chi connectivity index (χ2v) is 8.49. The highest BCUT2D eigenvalue weighted by Crippen LogP contribution is 2.31. The van der Waals surface area contributed by atoms with Gasteiger partial charge in [0.2, 0.25) is 5.91 Å². The molecule has 3 N–H and O–H groups in total. The second kappa shape index (κ2) is 9.18. The van der Waals surface area contributed by atoms with E-state index in [9.17, 15) is 4.79 Å². The molecule has 0 radical (unpaired) electrons. The summed E-state index contributed by atoms with van der Waals surface area (Å²) in [5.41, 5.74) is 8.00. The molecule has 1 saturated carbocycles. The van der Waals surface area contributed by atoms with Crippen LogP contribution in [0.15, 0.2) is 24.3 Å². The summed E-state index contributed by atoms with van der Waals surface area (Å²) in [7, 11) is 0. The smallest absolute Gasteiger partial charge is 0.223 e. The zero-order chi connectivity index (χ0) is 18.0. The number of carbonyl (C=O) groups excluding carboxylic acids is 1. The fourth-order valence-corrected chi connectivity index (χ4v) is 4.41. The summed E-state index contributed by atoms with van der Waals surface area (Å²) in [5, 5.41) is 4.76. The third-order valence-corrected chi connectivity index (χ3v) is 6.15. The van der Waals surface area contributed by atoms with Crippen molar-refractivity contribution in [1.82, 2.24) is 10.3 Å². The van der Waals surface area contributed by atoms with E-state index in [1.165, 1.54) is 0 Å². The van der Waals surface area contributed by atoms with E-state index in [-0.39, 0.29) is 36.3 Å². The molecule has 4 nitrogen and oxygen atoms in total. The molecule has 1 aliphatic carbocycles. The molecular weight excluding hydrogens is 389 g/mol. The van der Waals surface area contributed by atoms with E-state index in [2.05, 4.69) is 12.2 Å². The summed E-state index contributed by atoms with van der Waals surface area (Å²) < 4.78 is 0. The molecule has 2 aromatic rings. The largest absolute Gasteiger partial charge is 0.347 e. The minimum atomic E-state index is -0.101. The first-order valence-electron chi connectivity index (χ1n) is 8.73. The van der Waals surface area contributed by atoms with Crippen LogP contribution in [0.3, 0.4) is 0 Å². The third kappa shape index (κ3) is 4.97. The molecule has 3 unspecified atom stereocenters. The van der Waals surface area contributed by atoms with Crippen LogP contribution in [0.5, 0.6) is 0 Å². The Bertz CT molecular complexity index is 748. The molecule has 7 heteroatoms. The van der Waals surface area contributed by atoms with Gasteiger partial charge in [-0.05, 0) is 45.2 Å². The minimum Gasteiger partial charge on any atom is -0.347 e. The van der Waals surface area contributed by atoms with Gasteiger partial charge in [0.05, 0.1) is 11.7 Å². The van der Waals surface area contributed by atoms with E-state index in [4.69, 9.17) is 22.3 Å². The van der Waals surface area contributed by atoms with Crippen molar-refractivity contribution in [2.75, 3.05) is 0 Å². The van der Waals surface area contributed by atoms with Gasteiger partial charge in [0.25, 0.3) is 0 Å². The molecule has 0 spiro atoms. The summed E-state index contributed by atoms with van der Waals surface area (Å²) in [5.74, 6) is 0.131. The van der Waals surface area contributed by atoms with Crippen LogP contribution in [0.25, 0.3) is 11.3 Å². The monoisotopic (exact) mass is 413 g/mol. The number of aryl methyl sites for hydroxylation is 1. The molecule has 1 amide bonds. The average molecular weight is 414 g/mol. The number of hydrogen-bond acceptors (Lipinski definition) is 4. The van der Waals surface area contributed by atoms with Gasteiger partial charge < -0.3 is 11.1 Å². The number of nitrogens with zero attached hydrogens (tertiary/aromatic N) is 1. The highest BCUT2D eigenvalue weighted by molar-refractivity contribution is 7.12. The van der Waals surface area contributed by atoms with Crippen LogP contribution >= 0.6 is 35.3 Å². The van der Waals surface area contributed by atoms with Crippen molar-refractivity contribution in [2.24, 2.45) is 11.7 Å². The summed E-state index contributed by atoms with van der Waals surface area (Å²) in [6.45, 7) is 4.05. The fourth-order valence-electron chi connectivity index (χ4n) is 3.34.